The Labute approximate surface area is 128 Å². The highest BCUT2D eigenvalue weighted by Gasteiger charge is 2.43. The van der Waals surface area contributed by atoms with E-state index in [1.165, 1.54) is 24.1 Å². The number of hydrogen-bond donors (Lipinski definition) is 1. The molecule has 1 aromatic rings. The minimum atomic E-state index is -3.26. The van der Waals surface area contributed by atoms with E-state index in [0.29, 0.717) is 0 Å². The number of alkyl halides is 2. The molecule has 1 unspecified atom stereocenters. The number of halogens is 2. The third-order valence-electron chi connectivity index (χ3n) is 3.56. The van der Waals surface area contributed by atoms with Gasteiger partial charge in [0.1, 0.15) is 0 Å². The fourth-order valence-electron chi connectivity index (χ4n) is 2.35. The molecule has 1 atom stereocenters. The van der Waals surface area contributed by atoms with E-state index >= 15 is 0 Å². The molecule has 0 aromatic heterocycles. The molecular formula is C14H18F2N2O3S. The number of nitrogens with one attached hydrogen (secondary N) is 1. The van der Waals surface area contributed by atoms with Gasteiger partial charge >= 0.3 is 0 Å². The van der Waals surface area contributed by atoms with Crippen LogP contribution < -0.4 is 5.32 Å². The molecule has 8 heteroatoms. The standard InChI is InChI=1S/C14H18F2N2O3S/c1-18(13(19)12-7-14(15,16)9-17-12)8-10-3-5-11(6-4-10)22(2,20)21/h3-6,12,17H,7-9H2,1-2H3. The van der Waals surface area contributed by atoms with Crippen molar-refractivity contribution in [3.63, 3.8) is 0 Å². The lowest BCUT2D eigenvalue weighted by molar-refractivity contribution is -0.132. The van der Waals surface area contributed by atoms with Crippen LogP contribution in [-0.4, -0.2) is 51.0 Å². The Bertz CT molecular complexity index is 659. The van der Waals surface area contributed by atoms with Crippen molar-refractivity contribution in [1.82, 2.24) is 10.2 Å². The number of sulfone groups is 1. The van der Waals surface area contributed by atoms with Crippen LogP contribution in [0.3, 0.4) is 0 Å². The van der Waals surface area contributed by atoms with Gasteiger partial charge in [-0.15, -0.1) is 0 Å². The van der Waals surface area contributed by atoms with Gasteiger partial charge in [0.2, 0.25) is 5.91 Å². The first kappa shape index (κ1) is 16.8. The zero-order valence-corrected chi connectivity index (χ0v) is 13.2. The smallest absolute Gasteiger partial charge is 0.262 e. The number of benzene rings is 1. The molecule has 1 aliphatic heterocycles. The SMILES string of the molecule is CN(Cc1ccc(S(C)(=O)=O)cc1)C(=O)C1CC(F)(F)CN1. The van der Waals surface area contributed by atoms with E-state index in [1.54, 1.807) is 12.1 Å². The molecule has 1 fully saturated rings. The van der Waals surface area contributed by atoms with E-state index in [4.69, 9.17) is 0 Å². The summed E-state index contributed by atoms with van der Waals surface area (Å²) in [6.45, 7) is -0.257. The van der Waals surface area contributed by atoms with Crippen molar-refractivity contribution >= 4 is 15.7 Å². The molecule has 1 aromatic carbocycles. The van der Waals surface area contributed by atoms with Gasteiger partial charge in [-0.25, -0.2) is 17.2 Å². The van der Waals surface area contributed by atoms with Crippen LogP contribution in [0.1, 0.15) is 12.0 Å². The summed E-state index contributed by atoms with van der Waals surface area (Å²) < 4.78 is 49.0. The van der Waals surface area contributed by atoms with Crippen LogP contribution in [0, 0.1) is 0 Å². The van der Waals surface area contributed by atoms with Crippen LogP contribution in [0.25, 0.3) is 0 Å². The summed E-state index contributed by atoms with van der Waals surface area (Å²) in [4.78, 5) is 13.7. The topological polar surface area (TPSA) is 66.5 Å². The van der Waals surface area contributed by atoms with Crippen LogP contribution in [0.5, 0.6) is 0 Å². The lowest BCUT2D eigenvalue weighted by Gasteiger charge is -2.21. The predicted octanol–water partition coefficient (Wildman–Crippen LogP) is 1.05. The van der Waals surface area contributed by atoms with Crippen molar-refractivity contribution in [1.29, 1.82) is 0 Å². The Kier molecular flexibility index (Phi) is 4.53. The lowest BCUT2D eigenvalue weighted by Crippen LogP contribution is -2.41. The molecule has 1 saturated heterocycles. The Morgan fingerprint density at radius 1 is 1.36 bits per heavy atom. The maximum Gasteiger partial charge on any atom is 0.262 e. The number of nitrogens with zero attached hydrogens (tertiary/aromatic N) is 1. The van der Waals surface area contributed by atoms with Crippen molar-refractivity contribution in [3.05, 3.63) is 29.8 Å². The first-order valence-corrected chi connectivity index (χ1v) is 8.63. The molecule has 122 valence electrons. The molecular weight excluding hydrogens is 314 g/mol. The number of carbonyl (C=O) groups excluding carboxylic acids is 1. The van der Waals surface area contributed by atoms with Gasteiger partial charge < -0.3 is 4.90 Å². The van der Waals surface area contributed by atoms with Crippen LogP contribution >= 0.6 is 0 Å². The van der Waals surface area contributed by atoms with Crippen molar-refractivity contribution in [2.45, 2.75) is 29.8 Å². The summed E-state index contributed by atoms with van der Waals surface area (Å²) in [5.41, 5.74) is 0.730. The summed E-state index contributed by atoms with van der Waals surface area (Å²) in [5, 5.41) is 2.52. The lowest BCUT2D eigenvalue weighted by atomic mass is 10.1. The minimum absolute atomic E-state index is 0.197. The number of amides is 1. The quantitative estimate of drug-likeness (QED) is 0.895. The Morgan fingerprint density at radius 2 is 1.95 bits per heavy atom. The van der Waals surface area contributed by atoms with Crippen LogP contribution in [0.2, 0.25) is 0 Å². The number of likely N-dealkylation sites (N-methyl/N-ethyl adjacent to an activating group) is 1. The van der Waals surface area contributed by atoms with Gasteiger partial charge in [-0.05, 0) is 17.7 Å². The van der Waals surface area contributed by atoms with Gasteiger partial charge in [0, 0.05) is 26.3 Å². The van der Waals surface area contributed by atoms with Crippen LogP contribution in [0.15, 0.2) is 29.2 Å². The summed E-state index contributed by atoms with van der Waals surface area (Å²) in [6, 6.07) is 5.26. The summed E-state index contributed by atoms with van der Waals surface area (Å²) in [7, 11) is -1.73. The van der Waals surface area contributed by atoms with Gasteiger partial charge in [-0.1, -0.05) is 12.1 Å². The van der Waals surface area contributed by atoms with Crippen molar-refractivity contribution in [2.75, 3.05) is 19.8 Å². The normalized spacial score (nSPS) is 20.8. The summed E-state index contributed by atoms with van der Waals surface area (Å²) in [6.07, 6.45) is 0.618. The third kappa shape index (κ3) is 4.01. The van der Waals surface area contributed by atoms with Gasteiger partial charge in [0.05, 0.1) is 17.5 Å². The fraction of sp³-hybridized carbons (Fsp3) is 0.500. The zero-order valence-electron chi connectivity index (χ0n) is 12.3. The molecule has 0 spiro atoms. The molecule has 0 saturated carbocycles. The average molecular weight is 332 g/mol. The molecule has 2 rings (SSSR count). The molecule has 22 heavy (non-hydrogen) atoms. The second kappa shape index (κ2) is 5.92. The van der Waals surface area contributed by atoms with Crippen LogP contribution in [-0.2, 0) is 21.2 Å². The molecule has 1 amide bonds. The monoisotopic (exact) mass is 332 g/mol. The average Bonchev–Trinajstić information content (AvgIpc) is 2.77. The highest BCUT2D eigenvalue weighted by atomic mass is 32.2. The molecule has 0 radical (unpaired) electrons. The molecule has 0 aliphatic carbocycles. The predicted molar refractivity (Wildman–Crippen MR) is 77.4 cm³/mol. The van der Waals surface area contributed by atoms with Crippen LogP contribution in [0.4, 0.5) is 8.78 Å². The number of rotatable bonds is 4. The number of hydrogen-bond acceptors (Lipinski definition) is 4. The maximum absolute atomic E-state index is 13.1. The Morgan fingerprint density at radius 3 is 2.41 bits per heavy atom. The van der Waals surface area contributed by atoms with E-state index in [-0.39, 0.29) is 11.4 Å². The molecule has 1 N–H and O–H groups in total. The van der Waals surface area contributed by atoms with E-state index in [1.807, 2.05) is 0 Å². The van der Waals surface area contributed by atoms with Gasteiger partial charge in [-0.3, -0.25) is 10.1 Å². The first-order chi connectivity index (χ1) is 10.1. The minimum Gasteiger partial charge on any atom is -0.340 e. The largest absolute Gasteiger partial charge is 0.340 e. The highest BCUT2D eigenvalue weighted by molar-refractivity contribution is 7.90. The van der Waals surface area contributed by atoms with E-state index in [2.05, 4.69) is 5.32 Å². The molecule has 5 nitrogen and oxygen atoms in total. The summed E-state index contributed by atoms with van der Waals surface area (Å²) in [5.74, 6) is -3.25. The first-order valence-electron chi connectivity index (χ1n) is 6.74. The van der Waals surface area contributed by atoms with E-state index in [9.17, 15) is 22.0 Å². The van der Waals surface area contributed by atoms with Gasteiger partial charge in [0.25, 0.3) is 5.92 Å². The van der Waals surface area contributed by atoms with Crippen molar-refractivity contribution in [2.24, 2.45) is 0 Å². The molecule has 1 heterocycles. The number of carbonyl (C=O) groups is 1. The second-order valence-electron chi connectivity index (χ2n) is 5.60. The maximum atomic E-state index is 13.1. The van der Waals surface area contributed by atoms with E-state index in [0.717, 1.165) is 11.8 Å². The van der Waals surface area contributed by atoms with Crippen molar-refractivity contribution in [3.8, 4) is 0 Å². The second-order valence-corrected chi connectivity index (χ2v) is 7.62. The third-order valence-corrected chi connectivity index (χ3v) is 4.68. The fourth-order valence-corrected chi connectivity index (χ4v) is 2.98. The highest BCUT2D eigenvalue weighted by Crippen LogP contribution is 2.26. The Balaban J connectivity index is 2.00. The van der Waals surface area contributed by atoms with Gasteiger partial charge in [-0.2, -0.15) is 0 Å². The molecule has 0 bridgehead atoms. The molecule has 1 aliphatic rings. The van der Waals surface area contributed by atoms with Crippen molar-refractivity contribution < 1.29 is 22.0 Å². The van der Waals surface area contributed by atoms with Gasteiger partial charge in [0.15, 0.2) is 9.84 Å². The summed E-state index contributed by atoms with van der Waals surface area (Å²) >= 11 is 0. The Hall–Kier alpha value is -1.54. The van der Waals surface area contributed by atoms with E-state index < -0.39 is 40.7 Å². The zero-order chi connectivity index (χ0) is 16.5.